The Morgan fingerprint density at radius 1 is 1.44 bits per heavy atom. The highest BCUT2D eigenvalue weighted by molar-refractivity contribution is 8.12. The SMILES string of the molecule is CN1C(=O)c2ccccc2N2CCOP12=S. The van der Waals surface area contributed by atoms with E-state index in [1.165, 1.54) is 0 Å². The lowest BCUT2D eigenvalue weighted by atomic mass is 10.1. The number of para-hydroxylation sites is 1. The van der Waals surface area contributed by atoms with Crippen molar-refractivity contribution in [1.29, 1.82) is 0 Å². The molecule has 6 heteroatoms. The fraction of sp³-hybridized carbons (Fsp3) is 0.300. The number of hydrogen-bond donors (Lipinski definition) is 0. The molecule has 16 heavy (non-hydrogen) atoms. The van der Waals surface area contributed by atoms with Gasteiger partial charge in [-0.3, -0.25) is 9.46 Å². The maximum Gasteiger partial charge on any atom is 0.262 e. The highest BCUT2D eigenvalue weighted by atomic mass is 32.5. The Morgan fingerprint density at radius 2 is 2.19 bits per heavy atom. The Hall–Kier alpha value is -0.900. The fourth-order valence-corrected chi connectivity index (χ4v) is 5.15. The van der Waals surface area contributed by atoms with E-state index in [1.807, 2.05) is 24.3 Å². The van der Waals surface area contributed by atoms with Gasteiger partial charge in [-0.1, -0.05) is 12.1 Å². The predicted octanol–water partition coefficient (Wildman–Crippen LogP) is 1.83. The van der Waals surface area contributed by atoms with E-state index in [4.69, 9.17) is 16.3 Å². The number of benzene rings is 1. The summed E-state index contributed by atoms with van der Waals surface area (Å²) in [5, 5.41) is 0. The molecule has 0 N–H and O–H groups in total. The number of rotatable bonds is 0. The lowest BCUT2D eigenvalue weighted by Crippen LogP contribution is -2.36. The van der Waals surface area contributed by atoms with Gasteiger partial charge < -0.3 is 9.19 Å². The van der Waals surface area contributed by atoms with E-state index in [0.29, 0.717) is 6.61 Å². The quantitative estimate of drug-likeness (QED) is 0.661. The van der Waals surface area contributed by atoms with Gasteiger partial charge in [-0.2, -0.15) is 0 Å². The number of hydrogen-bond acceptors (Lipinski definition) is 3. The zero-order valence-electron chi connectivity index (χ0n) is 8.79. The summed E-state index contributed by atoms with van der Waals surface area (Å²) in [6, 6.07) is 7.58. The molecule has 0 radical (unpaired) electrons. The van der Waals surface area contributed by atoms with Crippen molar-refractivity contribution in [3.05, 3.63) is 29.8 Å². The number of fused-ring (bicyclic) bond motifs is 3. The summed E-state index contributed by atoms with van der Waals surface area (Å²) in [7, 11) is 1.73. The summed E-state index contributed by atoms with van der Waals surface area (Å²) in [6.07, 6.45) is 0. The molecule has 2 aliphatic rings. The molecule has 1 fully saturated rings. The molecule has 0 aliphatic carbocycles. The number of carbonyl (C=O) groups excluding carboxylic acids is 1. The minimum Gasteiger partial charge on any atom is -0.317 e. The van der Waals surface area contributed by atoms with Crippen LogP contribution in [-0.2, 0) is 16.3 Å². The average Bonchev–Trinajstić information content (AvgIpc) is 2.70. The van der Waals surface area contributed by atoms with Gasteiger partial charge in [0.2, 0.25) is 0 Å². The van der Waals surface area contributed by atoms with Gasteiger partial charge in [-0.15, -0.1) is 0 Å². The van der Waals surface area contributed by atoms with Crippen LogP contribution >= 0.6 is 6.57 Å². The molecule has 1 aromatic rings. The Bertz CT molecular complexity index is 519. The molecule has 1 unspecified atom stereocenters. The molecule has 84 valence electrons. The van der Waals surface area contributed by atoms with Crippen LogP contribution < -0.4 is 4.67 Å². The molecule has 1 atom stereocenters. The summed E-state index contributed by atoms with van der Waals surface area (Å²) in [4.78, 5) is 12.1. The van der Waals surface area contributed by atoms with Gasteiger partial charge in [0.15, 0.2) is 0 Å². The zero-order valence-corrected chi connectivity index (χ0v) is 10.5. The topological polar surface area (TPSA) is 32.8 Å². The Labute approximate surface area is 99.0 Å². The van der Waals surface area contributed by atoms with Crippen molar-refractivity contribution in [2.24, 2.45) is 0 Å². The Balaban J connectivity index is 2.26. The van der Waals surface area contributed by atoms with Gasteiger partial charge in [0.05, 0.1) is 17.9 Å². The second kappa shape index (κ2) is 3.29. The van der Waals surface area contributed by atoms with Crippen LogP contribution in [0.4, 0.5) is 5.69 Å². The first kappa shape index (κ1) is 10.3. The molecule has 1 saturated heterocycles. The molecule has 2 aliphatic heterocycles. The molecule has 0 aromatic heterocycles. The molecule has 2 heterocycles. The predicted molar refractivity (Wildman–Crippen MR) is 66.1 cm³/mol. The number of nitrogens with zero attached hydrogens (tertiary/aromatic N) is 2. The highest BCUT2D eigenvalue weighted by Gasteiger charge is 2.45. The maximum atomic E-state index is 12.1. The average molecular weight is 254 g/mol. The minimum absolute atomic E-state index is 0.0305. The van der Waals surface area contributed by atoms with Crippen molar-refractivity contribution in [2.45, 2.75) is 0 Å². The fourth-order valence-electron chi connectivity index (χ4n) is 2.12. The molecular weight excluding hydrogens is 243 g/mol. The zero-order chi connectivity index (χ0) is 11.3. The van der Waals surface area contributed by atoms with Crippen LogP contribution in [0.3, 0.4) is 0 Å². The van der Waals surface area contributed by atoms with Crippen LogP contribution in [0.1, 0.15) is 10.4 Å². The van der Waals surface area contributed by atoms with Gasteiger partial charge in [-0.25, -0.2) is 0 Å². The third-order valence-electron chi connectivity index (χ3n) is 2.95. The van der Waals surface area contributed by atoms with Gasteiger partial charge in [0, 0.05) is 13.6 Å². The standard InChI is InChI=1S/C10H11N2O2PS/c1-11-10(13)8-4-2-3-5-9(8)12-6-7-14-15(11,12)16/h2-5H,6-7H2,1H3. The second-order valence-electron chi connectivity index (χ2n) is 3.79. The van der Waals surface area contributed by atoms with Crippen molar-refractivity contribution in [3.8, 4) is 0 Å². The van der Waals surface area contributed by atoms with Crippen LogP contribution in [0.15, 0.2) is 24.3 Å². The van der Waals surface area contributed by atoms with Crippen LogP contribution in [0.2, 0.25) is 0 Å². The normalized spacial score (nSPS) is 27.9. The third-order valence-corrected chi connectivity index (χ3v) is 7.08. The van der Waals surface area contributed by atoms with E-state index in [-0.39, 0.29) is 5.91 Å². The van der Waals surface area contributed by atoms with Gasteiger partial charge >= 0.3 is 0 Å². The minimum atomic E-state index is -2.30. The summed E-state index contributed by atoms with van der Waals surface area (Å²) in [6.45, 7) is -0.933. The molecule has 1 amide bonds. The van der Waals surface area contributed by atoms with E-state index in [0.717, 1.165) is 17.8 Å². The van der Waals surface area contributed by atoms with Crippen LogP contribution in [0, 0.1) is 0 Å². The Morgan fingerprint density at radius 3 is 3.00 bits per heavy atom. The molecule has 0 bridgehead atoms. The molecule has 3 rings (SSSR count). The summed E-state index contributed by atoms with van der Waals surface area (Å²) < 4.78 is 9.30. The lowest BCUT2D eigenvalue weighted by Gasteiger charge is -2.40. The molecule has 0 spiro atoms. The molecular formula is C10H11N2O2PS. The van der Waals surface area contributed by atoms with Crippen molar-refractivity contribution < 1.29 is 9.32 Å². The lowest BCUT2D eigenvalue weighted by molar-refractivity contribution is 0.0874. The van der Waals surface area contributed by atoms with Gasteiger partial charge in [-0.05, 0) is 23.9 Å². The number of amides is 1. The summed E-state index contributed by atoms with van der Waals surface area (Å²) in [5.41, 5.74) is 1.64. The monoisotopic (exact) mass is 254 g/mol. The number of anilines is 1. The largest absolute Gasteiger partial charge is 0.317 e. The first-order valence-corrected chi connectivity index (χ1v) is 7.67. The number of carbonyl (C=O) groups is 1. The first-order chi connectivity index (χ1) is 7.64. The van der Waals surface area contributed by atoms with Crippen LogP contribution in [0.25, 0.3) is 0 Å². The van der Waals surface area contributed by atoms with E-state index < -0.39 is 6.57 Å². The van der Waals surface area contributed by atoms with Crippen LogP contribution in [0.5, 0.6) is 0 Å². The molecule has 0 saturated carbocycles. The van der Waals surface area contributed by atoms with Gasteiger partial charge in [0.25, 0.3) is 12.5 Å². The molecule has 1 aromatic carbocycles. The third kappa shape index (κ3) is 1.14. The van der Waals surface area contributed by atoms with E-state index in [1.54, 1.807) is 11.7 Å². The smallest absolute Gasteiger partial charge is 0.262 e. The van der Waals surface area contributed by atoms with Crippen LogP contribution in [-0.4, -0.2) is 30.8 Å². The summed E-state index contributed by atoms with van der Waals surface area (Å²) >= 11 is 5.54. The second-order valence-corrected chi connectivity index (χ2v) is 7.54. The van der Waals surface area contributed by atoms with E-state index >= 15 is 0 Å². The summed E-state index contributed by atoms with van der Waals surface area (Å²) in [5.74, 6) is -0.0305. The molecule has 4 nitrogen and oxygen atoms in total. The van der Waals surface area contributed by atoms with Crippen molar-refractivity contribution in [2.75, 3.05) is 24.9 Å². The Kier molecular flexibility index (Phi) is 2.11. The van der Waals surface area contributed by atoms with Crippen molar-refractivity contribution in [3.63, 3.8) is 0 Å². The van der Waals surface area contributed by atoms with Gasteiger partial charge in [0.1, 0.15) is 0 Å². The maximum absolute atomic E-state index is 12.1. The van der Waals surface area contributed by atoms with E-state index in [9.17, 15) is 4.79 Å². The van der Waals surface area contributed by atoms with Crippen molar-refractivity contribution >= 4 is 30.0 Å². The van der Waals surface area contributed by atoms with E-state index in [2.05, 4.69) is 4.67 Å². The highest BCUT2D eigenvalue weighted by Crippen LogP contribution is 2.62. The first-order valence-electron chi connectivity index (χ1n) is 5.05. The van der Waals surface area contributed by atoms with Crippen molar-refractivity contribution in [1.82, 2.24) is 4.67 Å².